The van der Waals surface area contributed by atoms with E-state index in [0.717, 1.165) is 50.5 Å². The minimum absolute atomic E-state index is 0.115. The molecule has 1 aromatic heterocycles. The van der Waals surface area contributed by atoms with E-state index >= 15 is 0 Å². The fourth-order valence-electron chi connectivity index (χ4n) is 2.82. The van der Waals surface area contributed by atoms with E-state index in [4.69, 9.17) is 0 Å². The molecule has 0 bridgehead atoms. The molecule has 20 heavy (non-hydrogen) atoms. The highest BCUT2D eigenvalue weighted by Crippen LogP contribution is 2.25. The van der Waals surface area contributed by atoms with Crippen molar-refractivity contribution in [3.05, 3.63) is 17.6 Å². The lowest BCUT2D eigenvalue weighted by atomic mass is 10.1. The molecule has 1 unspecified atom stereocenters. The molecule has 2 aliphatic rings. The summed E-state index contributed by atoms with van der Waals surface area (Å²) in [6.45, 7) is 3.43. The summed E-state index contributed by atoms with van der Waals surface area (Å²) in [6, 6.07) is 0.115. The van der Waals surface area contributed by atoms with Crippen LogP contribution in [0, 0.1) is 0 Å². The molecule has 2 N–H and O–H groups in total. The molecule has 1 saturated heterocycles. The van der Waals surface area contributed by atoms with Crippen LogP contribution in [-0.2, 0) is 17.7 Å². The molecule has 0 aromatic carbocycles. The van der Waals surface area contributed by atoms with Crippen molar-refractivity contribution in [2.75, 3.05) is 31.6 Å². The molecule has 3 rings (SSSR count). The van der Waals surface area contributed by atoms with Crippen LogP contribution in [0.15, 0.2) is 6.33 Å². The van der Waals surface area contributed by atoms with Gasteiger partial charge in [-0.25, -0.2) is 14.8 Å². The third-order valence-electron chi connectivity index (χ3n) is 3.85. The summed E-state index contributed by atoms with van der Waals surface area (Å²) in [6.07, 6.45) is 3.12. The van der Waals surface area contributed by atoms with E-state index in [1.807, 2.05) is 0 Å². The van der Waals surface area contributed by atoms with Gasteiger partial charge in [0.15, 0.2) is 0 Å². The Balaban J connectivity index is 1.73. The summed E-state index contributed by atoms with van der Waals surface area (Å²) in [7, 11) is 1.38. The van der Waals surface area contributed by atoms with Crippen LogP contribution in [-0.4, -0.2) is 48.8 Å². The maximum Gasteiger partial charge on any atom is 0.407 e. The summed E-state index contributed by atoms with van der Waals surface area (Å²) < 4.78 is 4.64. The SMILES string of the molecule is COC(=O)NC1CCN(c2ncnc3c2CNCC3)C1. The van der Waals surface area contributed by atoms with Crippen LogP contribution in [0.4, 0.5) is 10.6 Å². The van der Waals surface area contributed by atoms with Gasteiger partial charge < -0.3 is 20.3 Å². The molecule has 1 atom stereocenters. The molecule has 0 aliphatic carbocycles. The number of rotatable bonds is 2. The number of alkyl carbamates (subject to hydrolysis) is 1. The number of hydrogen-bond donors (Lipinski definition) is 2. The predicted molar refractivity (Wildman–Crippen MR) is 73.6 cm³/mol. The van der Waals surface area contributed by atoms with Gasteiger partial charge in [0.05, 0.1) is 18.8 Å². The molecule has 2 aliphatic heterocycles. The van der Waals surface area contributed by atoms with E-state index in [-0.39, 0.29) is 12.1 Å². The molecular formula is C13H19N5O2. The van der Waals surface area contributed by atoms with Crippen molar-refractivity contribution in [2.45, 2.75) is 25.4 Å². The van der Waals surface area contributed by atoms with Gasteiger partial charge >= 0.3 is 6.09 Å². The third-order valence-corrected chi connectivity index (χ3v) is 3.85. The normalized spacial score (nSPS) is 21.4. The highest BCUT2D eigenvalue weighted by Gasteiger charge is 2.28. The smallest absolute Gasteiger partial charge is 0.407 e. The largest absolute Gasteiger partial charge is 0.453 e. The topological polar surface area (TPSA) is 79.4 Å². The number of amides is 1. The van der Waals surface area contributed by atoms with Gasteiger partial charge in [-0.2, -0.15) is 0 Å². The number of aromatic nitrogens is 2. The molecule has 0 spiro atoms. The minimum Gasteiger partial charge on any atom is -0.453 e. The van der Waals surface area contributed by atoms with Gasteiger partial charge in [0, 0.05) is 38.2 Å². The van der Waals surface area contributed by atoms with Crippen LogP contribution in [0.1, 0.15) is 17.7 Å². The number of carbonyl (C=O) groups is 1. The van der Waals surface area contributed by atoms with Gasteiger partial charge in [0.2, 0.25) is 0 Å². The first-order chi connectivity index (χ1) is 9.78. The summed E-state index contributed by atoms with van der Waals surface area (Å²) >= 11 is 0. The second-order valence-corrected chi connectivity index (χ2v) is 5.12. The van der Waals surface area contributed by atoms with E-state index < -0.39 is 0 Å². The first kappa shape index (κ1) is 13.1. The minimum atomic E-state index is -0.372. The van der Waals surface area contributed by atoms with Gasteiger partial charge in [-0.3, -0.25) is 0 Å². The Morgan fingerprint density at radius 3 is 3.30 bits per heavy atom. The highest BCUT2D eigenvalue weighted by molar-refractivity contribution is 5.67. The van der Waals surface area contributed by atoms with Crippen molar-refractivity contribution >= 4 is 11.9 Å². The summed E-state index contributed by atoms with van der Waals surface area (Å²) in [4.78, 5) is 22.3. The lowest BCUT2D eigenvalue weighted by Crippen LogP contribution is -2.37. The molecule has 7 heteroatoms. The van der Waals surface area contributed by atoms with Crippen LogP contribution in [0.25, 0.3) is 0 Å². The van der Waals surface area contributed by atoms with E-state index in [9.17, 15) is 4.79 Å². The second-order valence-electron chi connectivity index (χ2n) is 5.12. The van der Waals surface area contributed by atoms with Crippen LogP contribution in [0.5, 0.6) is 0 Å². The number of hydrogen-bond acceptors (Lipinski definition) is 6. The fraction of sp³-hybridized carbons (Fsp3) is 0.615. The van der Waals surface area contributed by atoms with E-state index in [1.54, 1.807) is 6.33 Å². The number of methoxy groups -OCH3 is 1. The molecule has 108 valence electrons. The Morgan fingerprint density at radius 2 is 2.45 bits per heavy atom. The van der Waals surface area contributed by atoms with E-state index in [1.165, 1.54) is 12.7 Å². The Hall–Kier alpha value is -1.89. The zero-order valence-electron chi connectivity index (χ0n) is 11.6. The standard InChI is InChI=1S/C13H19N5O2/c1-20-13(19)17-9-3-5-18(7-9)12-10-6-14-4-2-11(10)15-8-16-12/h8-9,14H,2-7H2,1H3,(H,17,19). The maximum atomic E-state index is 11.3. The average molecular weight is 277 g/mol. The first-order valence-electron chi connectivity index (χ1n) is 6.91. The Bertz CT molecular complexity index is 508. The highest BCUT2D eigenvalue weighted by atomic mass is 16.5. The number of carbonyl (C=O) groups excluding carboxylic acids is 1. The summed E-state index contributed by atoms with van der Waals surface area (Å²) in [5, 5.41) is 6.21. The molecule has 7 nitrogen and oxygen atoms in total. The van der Waals surface area contributed by atoms with E-state index in [0.29, 0.717) is 0 Å². The number of fused-ring (bicyclic) bond motifs is 1. The number of nitrogens with one attached hydrogen (secondary N) is 2. The number of nitrogens with zero attached hydrogens (tertiary/aromatic N) is 3. The summed E-state index contributed by atoms with van der Waals surface area (Å²) in [5.41, 5.74) is 2.33. The lowest BCUT2D eigenvalue weighted by molar-refractivity contribution is 0.167. The van der Waals surface area contributed by atoms with Gasteiger partial charge in [0.25, 0.3) is 0 Å². The average Bonchev–Trinajstić information content (AvgIpc) is 2.94. The third kappa shape index (κ3) is 2.53. The maximum absolute atomic E-state index is 11.3. The zero-order chi connectivity index (χ0) is 13.9. The monoisotopic (exact) mass is 277 g/mol. The zero-order valence-corrected chi connectivity index (χ0v) is 11.6. The van der Waals surface area contributed by atoms with E-state index in [2.05, 4.69) is 30.2 Å². The molecule has 1 aromatic rings. The number of anilines is 1. The molecule has 1 amide bonds. The quantitative estimate of drug-likeness (QED) is 0.795. The number of ether oxygens (including phenoxy) is 1. The van der Waals surface area contributed by atoms with Crippen molar-refractivity contribution in [1.82, 2.24) is 20.6 Å². The fourth-order valence-corrected chi connectivity index (χ4v) is 2.82. The Morgan fingerprint density at radius 1 is 1.55 bits per heavy atom. The molecule has 1 fully saturated rings. The van der Waals surface area contributed by atoms with Crippen LogP contribution in [0.3, 0.4) is 0 Å². The Labute approximate surface area is 117 Å². The lowest BCUT2D eigenvalue weighted by Gasteiger charge is -2.24. The van der Waals surface area contributed by atoms with Crippen molar-refractivity contribution in [3.63, 3.8) is 0 Å². The van der Waals surface area contributed by atoms with Crippen molar-refractivity contribution in [1.29, 1.82) is 0 Å². The van der Waals surface area contributed by atoms with Gasteiger partial charge in [-0.15, -0.1) is 0 Å². The molecule has 0 radical (unpaired) electrons. The molecular weight excluding hydrogens is 258 g/mol. The van der Waals surface area contributed by atoms with Crippen LogP contribution < -0.4 is 15.5 Å². The predicted octanol–water partition coefficient (Wildman–Crippen LogP) is 0.0570. The summed E-state index contributed by atoms with van der Waals surface area (Å²) in [5.74, 6) is 0.997. The van der Waals surface area contributed by atoms with Gasteiger partial charge in [0.1, 0.15) is 12.1 Å². The van der Waals surface area contributed by atoms with Gasteiger partial charge in [-0.1, -0.05) is 0 Å². The molecule has 3 heterocycles. The van der Waals surface area contributed by atoms with Crippen LogP contribution in [0.2, 0.25) is 0 Å². The van der Waals surface area contributed by atoms with Crippen molar-refractivity contribution < 1.29 is 9.53 Å². The van der Waals surface area contributed by atoms with Gasteiger partial charge in [-0.05, 0) is 6.42 Å². The Kier molecular flexibility index (Phi) is 3.68. The second kappa shape index (κ2) is 5.62. The van der Waals surface area contributed by atoms with Crippen molar-refractivity contribution in [3.8, 4) is 0 Å². The molecule has 0 saturated carbocycles. The first-order valence-corrected chi connectivity index (χ1v) is 6.91. The van der Waals surface area contributed by atoms with Crippen LogP contribution >= 0.6 is 0 Å². The van der Waals surface area contributed by atoms with Crippen molar-refractivity contribution in [2.24, 2.45) is 0 Å².